The molecule has 186 valence electrons. The molecule has 0 bridgehead atoms. The first kappa shape index (κ1) is 30.9. The van der Waals surface area contributed by atoms with Crippen LogP contribution in [0.25, 0.3) is 5.57 Å². The second kappa shape index (κ2) is 18.3. The predicted molar refractivity (Wildman–Crippen MR) is 146 cm³/mol. The number of aryl methyl sites for hydroxylation is 3. The van der Waals surface area contributed by atoms with Crippen molar-refractivity contribution in [1.82, 2.24) is 0 Å². The average molecular weight is 458 g/mol. The maximum Gasteiger partial charge on any atom is 0.0785 e. The molecule has 1 aliphatic heterocycles. The van der Waals surface area contributed by atoms with Crippen molar-refractivity contribution in [2.24, 2.45) is 0 Å². The van der Waals surface area contributed by atoms with E-state index in [9.17, 15) is 9.50 Å². The molecule has 1 aliphatic rings. The number of halogens is 1. The van der Waals surface area contributed by atoms with Crippen molar-refractivity contribution in [1.29, 1.82) is 0 Å². The monoisotopic (exact) mass is 457 g/mol. The maximum absolute atomic E-state index is 9.50. The smallest absolute Gasteiger partial charge is 0.0785 e. The number of nitrogens with zero attached hydrogens (tertiary/aromatic N) is 1. The number of anilines is 1. The van der Waals surface area contributed by atoms with Crippen LogP contribution in [0.15, 0.2) is 49.0 Å². The largest absolute Gasteiger partial charge is 0.391 e. The molecule has 1 fully saturated rings. The molecule has 2 aromatic rings. The second-order valence-corrected chi connectivity index (χ2v) is 8.77. The fourth-order valence-corrected chi connectivity index (χ4v) is 3.70. The van der Waals surface area contributed by atoms with Gasteiger partial charge >= 0.3 is 0 Å². The number of hydrogen-bond donors (Lipinski definition) is 1. The molecule has 1 heterocycles. The van der Waals surface area contributed by atoms with Gasteiger partial charge in [0, 0.05) is 18.8 Å². The highest BCUT2D eigenvalue weighted by Gasteiger charge is 2.19. The molecule has 0 amide bonds. The Morgan fingerprint density at radius 2 is 1.55 bits per heavy atom. The quantitative estimate of drug-likeness (QED) is 0.471. The van der Waals surface area contributed by atoms with Gasteiger partial charge in [-0.1, -0.05) is 100 Å². The molecule has 33 heavy (non-hydrogen) atoms. The minimum atomic E-state index is -0.138. The Morgan fingerprint density at radius 3 is 1.97 bits per heavy atom. The van der Waals surface area contributed by atoms with Crippen molar-refractivity contribution in [3.63, 3.8) is 0 Å². The average Bonchev–Trinajstić information content (AvgIpc) is 3.23. The lowest BCUT2D eigenvalue weighted by atomic mass is 9.97. The third-order valence-corrected chi connectivity index (χ3v) is 5.51. The molecule has 3 rings (SSSR count). The van der Waals surface area contributed by atoms with Crippen molar-refractivity contribution >= 4 is 11.3 Å². The molecule has 1 N–H and O–H groups in total. The van der Waals surface area contributed by atoms with Crippen molar-refractivity contribution in [3.8, 4) is 0 Å². The standard InChI is InChI=1S/C13H18.C11H15NO.C5H12.CH3F/c1-5-6-12-9-11(4)7-8-13(12)10(2)3;1-9-2-4-10(5-3-9)12-7-6-11(13)8-12;1-3-5-4-2;1-2/h7-9H,2,5-6H2,1,3-4H3;2-5,11,13H,6-8H2,1H3;3-5H2,1-2H3;1H3. The fourth-order valence-electron chi connectivity index (χ4n) is 3.70. The number of rotatable bonds is 6. The molecule has 2 aromatic carbocycles. The lowest BCUT2D eigenvalue weighted by Gasteiger charge is -2.17. The zero-order chi connectivity index (χ0) is 25.2. The van der Waals surface area contributed by atoms with Crippen molar-refractivity contribution in [2.75, 3.05) is 25.2 Å². The van der Waals surface area contributed by atoms with Gasteiger partial charge in [-0.25, -0.2) is 0 Å². The van der Waals surface area contributed by atoms with E-state index in [1.807, 2.05) is 0 Å². The Labute approximate surface area is 203 Å². The Bertz CT molecular complexity index is 767. The highest BCUT2D eigenvalue weighted by Crippen LogP contribution is 2.21. The first-order valence-electron chi connectivity index (χ1n) is 12.4. The lowest BCUT2D eigenvalue weighted by molar-refractivity contribution is 0.198. The van der Waals surface area contributed by atoms with Gasteiger partial charge in [-0.15, -0.1) is 0 Å². The Balaban J connectivity index is 0.000000488. The molecule has 1 atom stereocenters. The van der Waals surface area contributed by atoms with Crippen LogP contribution in [-0.4, -0.2) is 31.5 Å². The van der Waals surface area contributed by atoms with Gasteiger partial charge in [0.15, 0.2) is 0 Å². The third kappa shape index (κ3) is 12.6. The minimum absolute atomic E-state index is 0.138. The number of benzene rings is 2. The first-order chi connectivity index (χ1) is 15.8. The summed E-state index contributed by atoms with van der Waals surface area (Å²) in [6, 6.07) is 15.1. The van der Waals surface area contributed by atoms with Gasteiger partial charge in [0.1, 0.15) is 0 Å². The first-order valence-corrected chi connectivity index (χ1v) is 12.4. The van der Waals surface area contributed by atoms with Gasteiger partial charge in [-0.2, -0.15) is 0 Å². The topological polar surface area (TPSA) is 23.5 Å². The Hall–Kier alpha value is -2.13. The second-order valence-electron chi connectivity index (χ2n) is 8.77. The van der Waals surface area contributed by atoms with Crippen LogP contribution in [0, 0.1) is 13.8 Å². The van der Waals surface area contributed by atoms with Crippen molar-refractivity contribution in [2.45, 2.75) is 86.2 Å². The van der Waals surface area contributed by atoms with Crippen molar-refractivity contribution < 1.29 is 9.50 Å². The molecule has 3 heteroatoms. The molecule has 0 radical (unpaired) electrons. The van der Waals surface area contributed by atoms with Crippen LogP contribution >= 0.6 is 0 Å². The van der Waals surface area contributed by atoms with Gasteiger partial charge in [-0.05, 0) is 56.9 Å². The van der Waals surface area contributed by atoms with E-state index >= 15 is 0 Å². The third-order valence-electron chi connectivity index (χ3n) is 5.51. The number of hydrogen-bond acceptors (Lipinski definition) is 2. The summed E-state index contributed by atoms with van der Waals surface area (Å²) in [6.45, 7) is 18.7. The van der Waals surface area contributed by atoms with Crippen LogP contribution in [0.5, 0.6) is 0 Å². The number of alkyl halides is 1. The number of β-amino-alcohol motifs (C(OH)–C–C–N with tert-alkyl or cyclic N) is 1. The van der Waals surface area contributed by atoms with E-state index in [4.69, 9.17) is 0 Å². The maximum atomic E-state index is 9.50. The molecule has 1 unspecified atom stereocenters. The Morgan fingerprint density at radius 1 is 0.970 bits per heavy atom. The van der Waals surface area contributed by atoms with Crippen LogP contribution in [0.4, 0.5) is 10.1 Å². The SMILES string of the molecule is C=C(C)c1ccc(C)cc1CCC.CCCCC.CF.Cc1ccc(N2CCC(O)C2)cc1. The van der Waals surface area contributed by atoms with Gasteiger partial charge in [0.2, 0.25) is 0 Å². The highest BCUT2D eigenvalue weighted by molar-refractivity contribution is 5.65. The minimum Gasteiger partial charge on any atom is -0.391 e. The van der Waals surface area contributed by atoms with Gasteiger partial charge in [-0.3, -0.25) is 4.39 Å². The van der Waals surface area contributed by atoms with Crippen molar-refractivity contribution in [3.05, 3.63) is 71.3 Å². The van der Waals surface area contributed by atoms with E-state index in [-0.39, 0.29) is 6.10 Å². The lowest BCUT2D eigenvalue weighted by Crippen LogP contribution is -2.20. The molecular weight excluding hydrogens is 409 g/mol. The fraction of sp³-hybridized carbons (Fsp3) is 0.533. The summed E-state index contributed by atoms with van der Waals surface area (Å²) in [5.41, 5.74) is 7.78. The van der Waals surface area contributed by atoms with E-state index in [1.54, 1.807) is 0 Å². The van der Waals surface area contributed by atoms with E-state index < -0.39 is 0 Å². The molecule has 0 aliphatic carbocycles. The molecule has 2 nitrogen and oxygen atoms in total. The Kier molecular flexibility index (Phi) is 17.1. The summed E-state index contributed by atoms with van der Waals surface area (Å²) in [7, 11) is 0.500. The van der Waals surface area contributed by atoms with Gasteiger partial charge in [0.05, 0.1) is 13.3 Å². The zero-order valence-corrected chi connectivity index (χ0v) is 22.3. The highest BCUT2D eigenvalue weighted by atomic mass is 19.1. The summed E-state index contributed by atoms with van der Waals surface area (Å²) >= 11 is 0. The molecule has 0 spiro atoms. The summed E-state index contributed by atoms with van der Waals surface area (Å²) in [5, 5.41) is 9.37. The molecule has 0 saturated carbocycles. The summed E-state index contributed by atoms with van der Waals surface area (Å²) in [4.78, 5) is 2.23. The van der Waals surface area contributed by atoms with E-state index in [0.717, 1.165) is 25.9 Å². The van der Waals surface area contributed by atoms with Crippen LogP contribution in [0.3, 0.4) is 0 Å². The van der Waals surface area contributed by atoms with E-state index in [2.05, 4.69) is 95.5 Å². The van der Waals surface area contributed by atoms with Gasteiger partial charge < -0.3 is 10.0 Å². The number of unbranched alkanes of at least 4 members (excludes halogenated alkanes) is 2. The number of allylic oxidation sites excluding steroid dienone is 1. The molecule has 0 aromatic heterocycles. The predicted octanol–water partition coefficient (Wildman–Crippen LogP) is 8.33. The van der Waals surface area contributed by atoms with Crippen LogP contribution in [0.1, 0.15) is 82.1 Å². The van der Waals surface area contributed by atoms with Crippen LogP contribution in [-0.2, 0) is 6.42 Å². The normalized spacial score (nSPS) is 14.2. The van der Waals surface area contributed by atoms with Crippen LogP contribution in [0.2, 0.25) is 0 Å². The number of aliphatic hydroxyl groups is 1. The van der Waals surface area contributed by atoms with E-state index in [1.165, 1.54) is 59.2 Å². The molecule has 1 saturated heterocycles. The molecular formula is C30H48FNO. The van der Waals surface area contributed by atoms with Gasteiger partial charge in [0.25, 0.3) is 0 Å². The van der Waals surface area contributed by atoms with Crippen LogP contribution < -0.4 is 4.90 Å². The zero-order valence-electron chi connectivity index (χ0n) is 22.3. The summed E-state index contributed by atoms with van der Waals surface area (Å²) in [5.74, 6) is 0. The summed E-state index contributed by atoms with van der Waals surface area (Å²) in [6.07, 6.45) is 7.19. The number of aliphatic hydroxyl groups excluding tert-OH is 1. The van der Waals surface area contributed by atoms with E-state index in [0.29, 0.717) is 7.18 Å². The summed E-state index contributed by atoms with van der Waals surface area (Å²) < 4.78 is 9.50.